The van der Waals surface area contributed by atoms with Crippen LogP contribution in [0.15, 0.2) is 54.6 Å². The van der Waals surface area contributed by atoms with Crippen molar-refractivity contribution in [3.8, 4) is 5.75 Å². The summed E-state index contributed by atoms with van der Waals surface area (Å²) in [5.41, 5.74) is 7.51. The van der Waals surface area contributed by atoms with Crippen molar-refractivity contribution in [2.75, 3.05) is 7.11 Å². The molecule has 0 spiro atoms. The number of carbonyl (C=O) groups is 1. The van der Waals surface area contributed by atoms with Crippen molar-refractivity contribution < 1.29 is 14.3 Å². The highest BCUT2D eigenvalue weighted by Crippen LogP contribution is 2.17. The van der Waals surface area contributed by atoms with Gasteiger partial charge in [-0.1, -0.05) is 42.5 Å². The molecule has 2 N–H and O–H groups in total. The van der Waals surface area contributed by atoms with E-state index in [4.69, 9.17) is 15.2 Å². The van der Waals surface area contributed by atoms with Crippen molar-refractivity contribution in [2.45, 2.75) is 12.6 Å². The largest absolute Gasteiger partial charge is 0.497 e. The average Bonchev–Trinajstić information content (AvgIpc) is 2.53. The first-order valence-corrected chi connectivity index (χ1v) is 6.31. The van der Waals surface area contributed by atoms with Crippen LogP contribution in [0.2, 0.25) is 0 Å². The summed E-state index contributed by atoms with van der Waals surface area (Å²) >= 11 is 0. The Balaban J connectivity index is 1.94. The first kappa shape index (κ1) is 14.1. The van der Waals surface area contributed by atoms with Crippen LogP contribution in [0.3, 0.4) is 0 Å². The third kappa shape index (κ3) is 3.59. The highest BCUT2D eigenvalue weighted by molar-refractivity contribution is 5.77. The second kappa shape index (κ2) is 6.73. The molecule has 0 aliphatic carbocycles. The summed E-state index contributed by atoms with van der Waals surface area (Å²) in [7, 11) is 1.59. The van der Waals surface area contributed by atoms with Crippen LogP contribution < -0.4 is 10.5 Å². The Hall–Kier alpha value is -2.33. The monoisotopic (exact) mass is 271 g/mol. The van der Waals surface area contributed by atoms with Crippen LogP contribution in [0.4, 0.5) is 0 Å². The van der Waals surface area contributed by atoms with Crippen LogP contribution in [0.25, 0.3) is 0 Å². The van der Waals surface area contributed by atoms with Gasteiger partial charge in [-0.15, -0.1) is 0 Å². The molecule has 0 aliphatic heterocycles. The van der Waals surface area contributed by atoms with Crippen molar-refractivity contribution in [1.29, 1.82) is 0 Å². The topological polar surface area (TPSA) is 61.5 Å². The average molecular weight is 271 g/mol. The number of carbonyl (C=O) groups excluding carboxylic acids is 1. The van der Waals surface area contributed by atoms with Gasteiger partial charge in [-0.3, -0.25) is 0 Å². The highest BCUT2D eigenvalue weighted by atomic mass is 16.5. The van der Waals surface area contributed by atoms with E-state index in [1.807, 2.05) is 30.3 Å². The van der Waals surface area contributed by atoms with Gasteiger partial charge >= 0.3 is 5.97 Å². The second-order valence-electron chi connectivity index (χ2n) is 4.34. The Morgan fingerprint density at radius 2 is 1.75 bits per heavy atom. The fraction of sp³-hybridized carbons (Fsp3) is 0.188. The van der Waals surface area contributed by atoms with Gasteiger partial charge in [-0.2, -0.15) is 0 Å². The minimum atomic E-state index is -0.787. The van der Waals surface area contributed by atoms with Gasteiger partial charge < -0.3 is 15.2 Å². The van der Waals surface area contributed by atoms with E-state index >= 15 is 0 Å². The predicted molar refractivity (Wildman–Crippen MR) is 76.2 cm³/mol. The molecule has 4 nitrogen and oxygen atoms in total. The zero-order valence-corrected chi connectivity index (χ0v) is 11.3. The number of nitrogens with two attached hydrogens (primary N) is 1. The highest BCUT2D eigenvalue weighted by Gasteiger charge is 2.17. The summed E-state index contributed by atoms with van der Waals surface area (Å²) in [5, 5.41) is 0. The van der Waals surface area contributed by atoms with Gasteiger partial charge in [0, 0.05) is 0 Å². The van der Waals surface area contributed by atoms with Crippen LogP contribution in [0.5, 0.6) is 5.75 Å². The van der Waals surface area contributed by atoms with Crippen molar-refractivity contribution in [2.24, 2.45) is 5.73 Å². The molecule has 0 aromatic heterocycles. The van der Waals surface area contributed by atoms with Gasteiger partial charge in [0.2, 0.25) is 0 Å². The summed E-state index contributed by atoms with van der Waals surface area (Å²) in [6.07, 6.45) is 0. The van der Waals surface area contributed by atoms with Crippen molar-refractivity contribution in [3.05, 3.63) is 65.7 Å². The number of esters is 1. The zero-order chi connectivity index (χ0) is 14.4. The third-order valence-corrected chi connectivity index (χ3v) is 2.95. The van der Waals surface area contributed by atoms with E-state index in [1.54, 1.807) is 31.4 Å². The normalized spacial score (nSPS) is 11.7. The van der Waals surface area contributed by atoms with Crippen LogP contribution in [0.1, 0.15) is 17.2 Å². The molecule has 0 bridgehead atoms. The molecule has 2 rings (SSSR count). The lowest BCUT2D eigenvalue weighted by Gasteiger charge is -2.12. The Morgan fingerprint density at radius 3 is 2.35 bits per heavy atom. The summed E-state index contributed by atoms with van der Waals surface area (Å²) in [6.45, 7) is 0.226. The zero-order valence-electron chi connectivity index (χ0n) is 11.3. The summed E-state index contributed by atoms with van der Waals surface area (Å²) in [6, 6.07) is 15.7. The maximum absolute atomic E-state index is 11.9. The third-order valence-electron chi connectivity index (χ3n) is 2.95. The number of rotatable bonds is 5. The van der Waals surface area contributed by atoms with E-state index in [-0.39, 0.29) is 6.61 Å². The van der Waals surface area contributed by atoms with Crippen LogP contribution in [-0.4, -0.2) is 13.1 Å². The molecule has 0 aliphatic rings. The molecule has 1 atom stereocenters. The smallest absolute Gasteiger partial charge is 0.327 e. The fourth-order valence-electron chi connectivity index (χ4n) is 1.77. The SMILES string of the molecule is COc1ccc([C@H](N)C(=O)OCc2ccccc2)cc1. The van der Waals surface area contributed by atoms with Gasteiger partial charge in [0.15, 0.2) is 0 Å². The lowest BCUT2D eigenvalue weighted by atomic mass is 10.1. The van der Waals surface area contributed by atoms with Gasteiger partial charge in [0.05, 0.1) is 7.11 Å². The molecule has 0 saturated carbocycles. The maximum atomic E-state index is 11.9. The van der Waals surface area contributed by atoms with Crippen LogP contribution in [-0.2, 0) is 16.1 Å². The Bertz CT molecular complexity index is 552. The molecule has 0 unspecified atom stereocenters. The molecule has 0 amide bonds. The standard InChI is InChI=1S/C16H17NO3/c1-19-14-9-7-13(8-10-14)15(17)16(18)20-11-12-5-3-2-4-6-12/h2-10,15H,11,17H2,1H3/t15-/m0/s1. The number of methoxy groups -OCH3 is 1. The van der Waals surface area contributed by atoms with E-state index < -0.39 is 12.0 Å². The van der Waals surface area contributed by atoms with Crippen molar-refractivity contribution in [1.82, 2.24) is 0 Å². The van der Waals surface area contributed by atoms with Gasteiger partial charge in [-0.05, 0) is 23.3 Å². The van der Waals surface area contributed by atoms with Crippen LogP contribution in [0, 0.1) is 0 Å². The van der Waals surface area contributed by atoms with E-state index in [0.29, 0.717) is 5.56 Å². The fourth-order valence-corrected chi connectivity index (χ4v) is 1.77. The maximum Gasteiger partial charge on any atom is 0.327 e. The summed E-state index contributed by atoms with van der Waals surface area (Å²) < 4.78 is 10.3. The molecule has 104 valence electrons. The Kier molecular flexibility index (Phi) is 4.74. The number of hydrogen-bond acceptors (Lipinski definition) is 4. The lowest BCUT2D eigenvalue weighted by Crippen LogP contribution is -2.23. The van der Waals surface area contributed by atoms with E-state index in [0.717, 1.165) is 11.3 Å². The second-order valence-corrected chi connectivity index (χ2v) is 4.34. The molecule has 0 radical (unpaired) electrons. The molecular weight excluding hydrogens is 254 g/mol. The van der Waals surface area contributed by atoms with E-state index in [1.165, 1.54) is 0 Å². The number of benzene rings is 2. The van der Waals surface area contributed by atoms with Crippen molar-refractivity contribution in [3.63, 3.8) is 0 Å². The molecular formula is C16H17NO3. The molecule has 0 saturated heterocycles. The lowest BCUT2D eigenvalue weighted by molar-refractivity contribution is -0.146. The number of ether oxygens (including phenoxy) is 2. The van der Waals surface area contributed by atoms with Gasteiger partial charge in [0.25, 0.3) is 0 Å². The molecule has 0 fully saturated rings. The molecule has 20 heavy (non-hydrogen) atoms. The van der Waals surface area contributed by atoms with E-state index in [2.05, 4.69) is 0 Å². The first-order valence-electron chi connectivity index (χ1n) is 6.31. The van der Waals surface area contributed by atoms with E-state index in [9.17, 15) is 4.79 Å². The number of hydrogen-bond donors (Lipinski definition) is 1. The minimum Gasteiger partial charge on any atom is -0.497 e. The Morgan fingerprint density at radius 1 is 1.10 bits per heavy atom. The van der Waals surface area contributed by atoms with Crippen molar-refractivity contribution >= 4 is 5.97 Å². The first-order chi connectivity index (χ1) is 9.70. The Labute approximate surface area is 118 Å². The summed E-state index contributed by atoms with van der Waals surface area (Å²) in [5.74, 6) is 0.276. The molecule has 4 heteroatoms. The van der Waals surface area contributed by atoms with Gasteiger partial charge in [-0.25, -0.2) is 4.79 Å². The quantitative estimate of drug-likeness (QED) is 0.848. The molecule has 2 aromatic carbocycles. The van der Waals surface area contributed by atoms with Crippen LogP contribution >= 0.6 is 0 Å². The van der Waals surface area contributed by atoms with Gasteiger partial charge in [0.1, 0.15) is 18.4 Å². The molecule has 2 aromatic rings. The molecule has 0 heterocycles. The predicted octanol–water partition coefficient (Wildman–Crippen LogP) is 2.44. The summed E-state index contributed by atoms with van der Waals surface area (Å²) in [4.78, 5) is 11.9. The minimum absolute atomic E-state index is 0.226.